The third-order valence-corrected chi connectivity index (χ3v) is 4.67. The second-order valence-electron chi connectivity index (χ2n) is 6.45. The number of rotatable bonds is 6. The highest BCUT2D eigenvalue weighted by molar-refractivity contribution is 6.31. The van der Waals surface area contributed by atoms with Gasteiger partial charge in [-0.2, -0.15) is 0 Å². The third-order valence-electron chi connectivity index (χ3n) is 4.27. The van der Waals surface area contributed by atoms with E-state index in [1.165, 1.54) is 13.4 Å². The first-order valence-corrected chi connectivity index (χ1v) is 9.01. The van der Waals surface area contributed by atoms with E-state index in [1.54, 1.807) is 12.1 Å². The number of anilines is 1. The normalized spacial score (nSPS) is 10.7. The van der Waals surface area contributed by atoms with Gasteiger partial charge in [-0.3, -0.25) is 9.59 Å². The highest BCUT2D eigenvalue weighted by Gasteiger charge is 2.15. The number of methoxy groups -OCH3 is 1. The summed E-state index contributed by atoms with van der Waals surface area (Å²) in [6.45, 7) is 3.37. The molecule has 0 bridgehead atoms. The van der Waals surface area contributed by atoms with Crippen molar-refractivity contribution < 1.29 is 23.5 Å². The van der Waals surface area contributed by atoms with E-state index < -0.39 is 18.5 Å². The standard InChI is InChI=1S/C21H20ClNO5/c1-12-4-5-15-14(10-27-18(15)6-12)8-21(25)28-11-20(24)23-17-7-13(2)16(22)9-19(17)26-3/h4-7,9-10H,8,11H2,1-3H3,(H,23,24). The molecule has 0 fully saturated rings. The van der Waals surface area contributed by atoms with Gasteiger partial charge < -0.3 is 19.2 Å². The number of carbonyl (C=O) groups excluding carboxylic acids is 2. The second kappa shape index (κ2) is 8.35. The lowest BCUT2D eigenvalue weighted by atomic mass is 10.1. The Labute approximate surface area is 167 Å². The van der Waals surface area contributed by atoms with Gasteiger partial charge in [0.15, 0.2) is 6.61 Å². The number of halogens is 1. The van der Waals surface area contributed by atoms with Gasteiger partial charge in [0.25, 0.3) is 5.91 Å². The molecule has 1 aromatic heterocycles. The lowest BCUT2D eigenvalue weighted by Gasteiger charge is -2.12. The molecule has 0 aliphatic heterocycles. The minimum Gasteiger partial charge on any atom is -0.495 e. The molecule has 0 aliphatic rings. The van der Waals surface area contributed by atoms with Crippen LogP contribution in [-0.4, -0.2) is 25.6 Å². The summed E-state index contributed by atoms with van der Waals surface area (Å²) in [6.07, 6.45) is 1.56. The smallest absolute Gasteiger partial charge is 0.310 e. The van der Waals surface area contributed by atoms with Gasteiger partial charge in [0.1, 0.15) is 11.3 Å². The monoisotopic (exact) mass is 401 g/mol. The number of benzene rings is 2. The summed E-state index contributed by atoms with van der Waals surface area (Å²) in [5.74, 6) is -0.561. The molecular weight excluding hydrogens is 382 g/mol. The SMILES string of the molecule is COc1cc(Cl)c(C)cc1NC(=O)COC(=O)Cc1coc2cc(C)ccc12. The topological polar surface area (TPSA) is 77.8 Å². The van der Waals surface area contributed by atoms with Crippen molar-refractivity contribution in [3.05, 3.63) is 58.3 Å². The second-order valence-corrected chi connectivity index (χ2v) is 6.86. The number of furan rings is 1. The van der Waals surface area contributed by atoms with Gasteiger partial charge in [-0.05, 0) is 37.1 Å². The van der Waals surface area contributed by atoms with Crippen LogP contribution in [0.5, 0.6) is 5.75 Å². The largest absolute Gasteiger partial charge is 0.495 e. The molecule has 7 heteroatoms. The summed E-state index contributed by atoms with van der Waals surface area (Å²) >= 11 is 6.05. The van der Waals surface area contributed by atoms with E-state index in [9.17, 15) is 9.59 Å². The molecule has 0 saturated carbocycles. The number of fused-ring (bicyclic) bond motifs is 1. The zero-order valence-corrected chi connectivity index (χ0v) is 16.6. The van der Waals surface area contributed by atoms with Crippen LogP contribution in [0.25, 0.3) is 11.0 Å². The third kappa shape index (κ3) is 4.46. The van der Waals surface area contributed by atoms with Gasteiger partial charge in [0.2, 0.25) is 0 Å². The first kappa shape index (κ1) is 19.8. The van der Waals surface area contributed by atoms with Gasteiger partial charge >= 0.3 is 5.97 Å². The lowest BCUT2D eigenvalue weighted by molar-refractivity contribution is -0.146. The van der Waals surface area contributed by atoms with Crippen LogP contribution in [0.4, 0.5) is 5.69 Å². The molecule has 146 valence electrons. The van der Waals surface area contributed by atoms with Crippen molar-refractivity contribution in [3.8, 4) is 5.75 Å². The fourth-order valence-electron chi connectivity index (χ4n) is 2.80. The van der Waals surface area contributed by atoms with Crippen molar-refractivity contribution in [2.75, 3.05) is 19.0 Å². The van der Waals surface area contributed by atoms with E-state index in [-0.39, 0.29) is 6.42 Å². The van der Waals surface area contributed by atoms with E-state index in [0.717, 1.165) is 22.1 Å². The van der Waals surface area contributed by atoms with E-state index in [4.69, 9.17) is 25.5 Å². The summed E-state index contributed by atoms with van der Waals surface area (Å²) in [5.41, 5.74) is 3.75. The number of carbonyl (C=O) groups is 2. The summed E-state index contributed by atoms with van der Waals surface area (Å²) in [4.78, 5) is 24.3. The lowest BCUT2D eigenvalue weighted by Crippen LogP contribution is -2.22. The van der Waals surface area contributed by atoms with Crippen molar-refractivity contribution in [2.45, 2.75) is 20.3 Å². The molecule has 1 N–H and O–H groups in total. The van der Waals surface area contributed by atoms with Gasteiger partial charge in [-0.25, -0.2) is 0 Å². The van der Waals surface area contributed by atoms with Crippen LogP contribution in [0, 0.1) is 13.8 Å². The zero-order valence-electron chi connectivity index (χ0n) is 15.8. The molecule has 6 nitrogen and oxygen atoms in total. The molecule has 1 heterocycles. The Balaban J connectivity index is 1.58. The number of amides is 1. The molecule has 28 heavy (non-hydrogen) atoms. The minimum atomic E-state index is -0.516. The molecule has 3 aromatic rings. The number of hydrogen-bond acceptors (Lipinski definition) is 5. The summed E-state index contributed by atoms with van der Waals surface area (Å²) in [5, 5.41) is 4.05. The molecule has 0 saturated heterocycles. The van der Waals surface area contributed by atoms with E-state index in [2.05, 4.69) is 5.32 Å². The van der Waals surface area contributed by atoms with E-state index >= 15 is 0 Å². The predicted molar refractivity (Wildman–Crippen MR) is 107 cm³/mol. The number of aryl methyl sites for hydroxylation is 2. The number of nitrogens with one attached hydrogen (secondary N) is 1. The first-order valence-electron chi connectivity index (χ1n) is 8.63. The van der Waals surface area contributed by atoms with Crippen LogP contribution in [0.3, 0.4) is 0 Å². The molecule has 0 spiro atoms. The Bertz CT molecular complexity index is 1040. The van der Waals surface area contributed by atoms with E-state index in [1.807, 2.05) is 32.0 Å². The zero-order chi connectivity index (χ0) is 20.3. The molecule has 0 aliphatic carbocycles. The number of ether oxygens (including phenoxy) is 2. The van der Waals surface area contributed by atoms with Crippen LogP contribution in [0.2, 0.25) is 5.02 Å². The van der Waals surface area contributed by atoms with Gasteiger partial charge in [-0.15, -0.1) is 0 Å². The first-order chi connectivity index (χ1) is 13.4. The van der Waals surface area contributed by atoms with Crippen LogP contribution in [-0.2, 0) is 20.7 Å². The Morgan fingerprint density at radius 1 is 1.18 bits per heavy atom. The van der Waals surface area contributed by atoms with Crippen LogP contribution in [0.1, 0.15) is 16.7 Å². The highest BCUT2D eigenvalue weighted by Crippen LogP contribution is 2.30. The van der Waals surface area contributed by atoms with Crippen LogP contribution >= 0.6 is 11.6 Å². The predicted octanol–water partition coefficient (Wildman–Crippen LogP) is 4.44. The maximum Gasteiger partial charge on any atom is 0.310 e. The summed E-state index contributed by atoms with van der Waals surface area (Å²) in [6, 6.07) is 9.06. The molecule has 2 aromatic carbocycles. The maximum atomic E-state index is 12.1. The number of esters is 1. The fourth-order valence-corrected chi connectivity index (χ4v) is 2.95. The van der Waals surface area contributed by atoms with Gasteiger partial charge in [0, 0.05) is 22.0 Å². The van der Waals surface area contributed by atoms with Crippen LogP contribution in [0.15, 0.2) is 41.0 Å². The van der Waals surface area contributed by atoms with Crippen molar-refractivity contribution >= 4 is 40.1 Å². The van der Waals surface area contributed by atoms with Gasteiger partial charge in [0.05, 0.1) is 25.5 Å². The maximum absolute atomic E-state index is 12.1. The fraction of sp³-hybridized carbons (Fsp3) is 0.238. The molecule has 3 rings (SSSR count). The van der Waals surface area contributed by atoms with Crippen molar-refractivity contribution in [3.63, 3.8) is 0 Å². The minimum absolute atomic E-state index is 0.0206. The Morgan fingerprint density at radius 2 is 1.96 bits per heavy atom. The quantitative estimate of drug-likeness (QED) is 0.618. The number of hydrogen-bond donors (Lipinski definition) is 1. The molecule has 1 amide bonds. The Hall–Kier alpha value is -2.99. The Kier molecular flexibility index (Phi) is 5.90. The highest BCUT2D eigenvalue weighted by atomic mass is 35.5. The van der Waals surface area contributed by atoms with E-state index in [0.29, 0.717) is 22.0 Å². The summed E-state index contributed by atoms with van der Waals surface area (Å²) in [7, 11) is 1.48. The summed E-state index contributed by atoms with van der Waals surface area (Å²) < 4.78 is 15.8. The molecule has 0 unspecified atom stereocenters. The van der Waals surface area contributed by atoms with Gasteiger partial charge in [-0.1, -0.05) is 23.7 Å². The average molecular weight is 402 g/mol. The molecule has 0 atom stereocenters. The molecular formula is C21H20ClNO5. The average Bonchev–Trinajstić information content (AvgIpc) is 3.04. The molecule has 0 radical (unpaired) electrons. The van der Waals surface area contributed by atoms with Crippen molar-refractivity contribution in [2.24, 2.45) is 0 Å². The Morgan fingerprint density at radius 3 is 2.71 bits per heavy atom. The van der Waals surface area contributed by atoms with Crippen LogP contribution < -0.4 is 10.1 Å². The van der Waals surface area contributed by atoms with Crippen molar-refractivity contribution in [1.29, 1.82) is 0 Å². The van der Waals surface area contributed by atoms with Crippen molar-refractivity contribution in [1.82, 2.24) is 0 Å².